The largest absolute Gasteiger partial charge is 0.364 e. The van der Waals surface area contributed by atoms with E-state index < -0.39 is 0 Å². The number of hydrogen-bond donors (Lipinski definition) is 2. The minimum atomic E-state index is -0.378. The highest BCUT2D eigenvalue weighted by molar-refractivity contribution is 5.60. The van der Waals surface area contributed by atoms with Crippen LogP contribution in [0.25, 0.3) is 0 Å². The van der Waals surface area contributed by atoms with E-state index in [1.165, 1.54) is 4.68 Å². The van der Waals surface area contributed by atoms with E-state index in [4.69, 9.17) is 5.73 Å². The van der Waals surface area contributed by atoms with E-state index in [2.05, 4.69) is 10.4 Å². The second kappa shape index (κ2) is 5.81. The van der Waals surface area contributed by atoms with Crippen LogP contribution < -0.4 is 11.1 Å². The highest BCUT2D eigenvalue weighted by Gasteiger charge is 2.28. The Morgan fingerprint density at radius 1 is 1.50 bits per heavy atom. The predicted molar refractivity (Wildman–Crippen MR) is 70.7 cm³/mol. The maximum Gasteiger partial charge on any atom is 0.334 e. The molecular formula is C11H21N5O2. The normalized spacial score (nSPS) is 12.8. The molecule has 3 N–H and O–H groups in total. The average Bonchev–Trinajstić information content (AvgIpc) is 2.56. The summed E-state index contributed by atoms with van der Waals surface area (Å²) < 4.78 is 1.52. The Labute approximate surface area is 107 Å². The minimum absolute atomic E-state index is 0.0144. The van der Waals surface area contributed by atoms with Crippen molar-refractivity contribution in [2.75, 3.05) is 11.9 Å². The van der Waals surface area contributed by atoms with Gasteiger partial charge in [0, 0.05) is 25.6 Å². The van der Waals surface area contributed by atoms with E-state index in [-0.39, 0.29) is 22.6 Å². The van der Waals surface area contributed by atoms with Gasteiger partial charge in [0.2, 0.25) is 5.82 Å². The zero-order valence-corrected chi connectivity index (χ0v) is 11.3. The number of nitrogens with zero attached hydrogens (tertiary/aromatic N) is 3. The van der Waals surface area contributed by atoms with Crippen LogP contribution in [0.3, 0.4) is 0 Å². The van der Waals surface area contributed by atoms with Crippen molar-refractivity contribution in [2.24, 2.45) is 12.8 Å². The van der Waals surface area contributed by atoms with Crippen molar-refractivity contribution >= 4 is 11.5 Å². The van der Waals surface area contributed by atoms with Crippen LogP contribution in [0.5, 0.6) is 0 Å². The molecule has 1 heterocycles. The van der Waals surface area contributed by atoms with Crippen molar-refractivity contribution in [1.29, 1.82) is 0 Å². The Morgan fingerprint density at radius 2 is 2.11 bits per heavy atom. The second-order valence-electron chi connectivity index (χ2n) is 4.81. The molecule has 0 aliphatic heterocycles. The Balaban J connectivity index is 2.99. The summed E-state index contributed by atoms with van der Waals surface area (Å²) in [6.45, 7) is 6.27. The smallest absolute Gasteiger partial charge is 0.334 e. The Kier molecular flexibility index (Phi) is 4.66. The van der Waals surface area contributed by atoms with E-state index in [0.29, 0.717) is 18.1 Å². The van der Waals surface area contributed by atoms with Gasteiger partial charge in [-0.05, 0) is 13.3 Å². The first-order valence-corrected chi connectivity index (χ1v) is 6.05. The highest BCUT2D eigenvalue weighted by Crippen LogP contribution is 2.32. The maximum atomic E-state index is 11.1. The molecule has 1 aromatic heterocycles. The van der Waals surface area contributed by atoms with Crippen LogP contribution in [0.4, 0.5) is 11.5 Å². The lowest BCUT2D eigenvalue weighted by Crippen LogP contribution is -2.20. The fourth-order valence-corrected chi connectivity index (χ4v) is 1.72. The summed E-state index contributed by atoms with van der Waals surface area (Å²) in [6, 6.07) is 0.0642. The molecule has 1 unspecified atom stereocenters. The lowest BCUT2D eigenvalue weighted by Gasteiger charge is -2.07. The van der Waals surface area contributed by atoms with Crippen LogP contribution >= 0.6 is 0 Å². The molecule has 0 spiro atoms. The molecule has 7 heteroatoms. The van der Waals surface area contributed by atoms with Gasteiger partial charge in [-0.2, -0.15) is 5.10 Å². The van der Waals surface area contributed by atoms with Gasteiger partial charge in [-0.25, -0.2) is 4.68 Å². The Bertz CT molecular complexity index is 425. The van der Waals surface area contributed by atoms with E-state index in [1.54, 1.807) is 7.05 Å². The Morgan fingerprint density at radius 3 is 2.56 bits per heavy atom. The number of rotatable bonds is 6. The molecular weight excluding hydrogens is 234 g/mol. The van der Waals surface area contributed by atoms with Crippen LogP contribution in [-0.4, -0.2) is 27.3 Å². The third-order valence-corrected chi connectivity index (χ3v) is 2.67. The first-order valence-electron chi connectivity index (χ1n) is 6.05. The van der Waals surface area contributed by atoms with Crippen molar-refractivity contribution in [3.8, 4) is 0 Å². The standard InChI is InChI=1S/C11H21N5O2/c1-7(2)9-10(16(17)18)11(15(4)14-9)13-6-5-8(3)12/h7-8,13H,5-6,12H2,1-4H3. The van der Waals surface area contributed by atoms with Crippen LogP contribution in [0, 0.1) is 10.1 Å². The zero-order valence-electron chi connectivity index (χ0n) is 11.3. The van der Waals surface area contributed by atoms with E-state index >= 15 is 0 Å². The molecule has 0 aliphatic carbocycles. The van der Waals surface area contributed by atoms with Gasteiger partial charge >= 0.3 is 5.69 Å². The van der Waals surface area contributed by atoms with Gasteiger partial charge in [0.25, 0.3) is 0 Å². The molecule has 0 bridgehead atoms. The lowest BCUT2D eigenvalue weighted by molar-refractivity contribution is -0.384. The predicted octanol–water partition coefficient (Wildman–Crippen LogP) is 1.60. The molecule has 0 amide bonds. The number of aryl methyl sites for hydroxylation is 1. The van der Waals surface area contributed by atoms with Crippen molar-refractivity contribution in [3.63, 3.8) is 0 Å². The molecule has 0 aromatic carbocycles. The van der Waals surface area contributed by atoms with Crippen molar-refractivity contribution < 1.29 is 4.92 Å². The summed E-state index contributed by atoms with van der Waals surface area (Å²) in [6.07, 6.45) is 0.749. The number of anilines is 1. The third-order valence-electron chi connectivity index (χ3n) is 2.67. The van der Waals surface area contributed by atoms with Gasteiger partial charge in [-0.15, -0.1) is 0 Å². The molecule has 0 fully saturated rings. The van der Waals surface area contributed by atoms with Gasteiger partial charge in [0.1, 0.15) is 5.69 Å². The number of hydrogen-bond acceptors (Lipinski definition) is 5. The van der Waals surface area contributed by atoms with Gasteiger partial charge in [-0.1, -0.05) is 13.8 Å². The summed E-state index contributed by atoms with van der Waals surface area (Å²) in [5, 5.41) is 18.4. The van der Waals surface area contributed by atoms with Crippen molar-refractivity contribution in [3.05, 3.63) is 15.8 Å². The summed E-state index contributed by atoms with van der Waals surface area (Å²) in [5.41, 5.74) is 6.22. The molecule has 18 heavy (non-hydrogen) atoms. The van der Waals surface area contributed by atoms with Crippen LogP contribution in [0.15, 0.2) is 0 Å². The quantitative estimate of drug-likeness (QED) is 0.594. The second-order valence-corrected chi connectivity index (χ2v) is 4.81. The SMILES string of the molecule is CC(N)CCNc1c([N+](=O)[O-])c(C(C)C)nn1C. The number of nitrogens with two attached hydrogens (primary N) is 1. The van der Waals surface area contributed by atoms with E-state index in [9.17, 15) is 10.1 Å². The average molecular weight is 255 g/mol. The third kappa shape index (κ3) is 3.19. The molecule has 7 nitrogen and oxygen atoms in total. The maximum absolute atomic E-state index is 11.1. The molecule has 0 radical (unpaired) electrons. The molecule has 0 aliphatic rings. The first-order chi connectivity index (χ1) is 8.34. The van der Waals surface area contributed by atoms with E-state index in [0.717, 1.165) is 6.42 Å². The minimum Gasteiger partial charge on any atom is -0.364 e. The Hall–Kier alpha value is -1.63. The number of nitro groups is 1. The highest BCUT2D eigenvalue weighted by atomic mass is 16.6. The fraction of sp³-hybridized carbons (Fsp3) is 0.727. The van der Waals surface area contributed by atoms with Gasteiger partial charge < -0.3 is 11.1 Å². The molecule has 1 rings (SSSR count). The van der Waals surface area contributed by atoms with Gasteiger partial charge in [0.15, 0.2) is 0 Å². The topological polar surface area (TPSA) is 99.0 Å². The summed E-state index contributed by atoms with van der Waals surface area (Å²) in [7, 11) is 1.70. The molecule has 0 saturated heterocycles. The van der Waals surface area contributed by atoms with Gasteiger partial charge in [0.05, 0.1) is 4.92 Å². The van der Waals surface area contributed by atoms with E-state index in [1.807, 2.05) is 20.8 Å². The lowest BCUT2D eigenvalue weighted by atomic mass is 10.1. The monoisotopic (exact) mass is 255 g/mol. The molecule has 0 saturated carbocycles. The molecule has 1 aromatic rings. The van der Waals surface area contributed by atoms with Crippen LogP contribution in [-0.2, 0) is 7.05 Å². The summed E-state index contributed by atoms with van der Waals surface area (Å²) in [4.78, 5) is 10.8. The fourth-order valence-electron chi connectivity index (χ4n) is 1.72. The van der Waals surface area contributed by atoms with Crippen molar-refractivity contribution in [1.82, 2.24) is 9.78 Å². The molecule has 102 valence electrons. The molecule has 1 atom stereocenters. The zero-order chi connectivity index (χ0) is 13.9. The first kappa shape index (κ1) is 14.4. The van der Waals surface area contributed by atoms with Crippen molar-refractivity contribution in [2.45, 2.75) is 39.2 Å². The summed E-state index contributed by atoms with van der Waals surface area (Å²) in [5.74, 6) is 0.463. The van der Waals surface area contributed by atoms with Crippen LogP contribution in [0.1, 0.15) is 38.8 Å². The van der Waals surface area contributed by atoms with Gasteiger partial charge in [-0.3, -0.25) is 10.1 Å². The number of nitrogens with one attached hydrogen (secondary N) is 1. The van der Waals surface area contributed by atoms with Crippen LogP contribution in [0.2, 0.25) is 0 Å². The summed E-state index contributed by atoms with van der Waals surface area (Å²) >= 11 is 0. The number of aromatic nitrogens is 2.